The maximum atomic E-state index is 12.9. The van der Waals surface area contributed by atoms with E-state index in [1.54, 1.807) is 41.5 Å². The first-order valence-corrected chi connectivity index (χ1v) is 9.01. The van der Waals surface area contributed by atoms with Gasteiger partial charge in [0.25, 0.3) is 0 Å². The van der Waals surface area contributed by atoms with Crippen molar-refractivity contribution in [2.45, 2.75) is 96.2 Å². The third kappa shape index (κ3) is 4.87. The molecule has 26 heavy (non-hydrogen) atoms. The summed E-state index contributed by atoms with van der Waals surface area (Å²) in [4.78, 5) is 38.8. The predicted molar refractivity (Wildman–Crippen MR) is 93.3 cm³/mol. The number of hydrogen-bond acceptors (Lipinski definition) is 6. The Kier molecular flexibility index (Phi) is 5.56. The fraction of sp³-hybridized carbons (Fsp3) is 0.833. The normalized spacial score (nSPS) is 29.2. The molecule has 2 N–H and O–H groups in total. The van der Waals surface area contributed by atoms with E-state index in [4.69, 9.17) is 9.47 Å². The van der Waals surface area contributed by atoms with Crippen LogP contribution >= 0.6 is 0 Å². The zero-order valence-electron chi connectivity index (χ0n) is 16.4. The number of carbonyl (C=O) groups is 3. The Bertz CT molecular complexity index is 577. The van der Waals surface area contributed by atoms with Crippen LogP contribution in [0.1, 0.15) is 60.8 Å². The van der Waals surface area contributed by atoms with Gasteiger partial charge in [-0.05, 0) is 60.8 Å². The van der Waals surface area contributed by atoms with E-state index >= 15 is 0 Å². The molecule has 2 heterocycles. The standard InChI is InChI=1S/C18H30N2O6/c1-17(2,3)25-15(23)11-8-7-10-9-12(21)13(14(22)20(10)11)19-16(24)26-18(4,5)6/h10-13,21H,7-9H2,1-6H3,(H,19,24)/t10-,11-,12+,13-/m0/s1. The van der Waals surface area contributed by atoms with E-state index in [0.29, 0.717) is 19.3 Å². The maximum Gasteiger partial charge on any atom is 0.408 e. The van der Waals surface area contributed by atoms with Crippen LogP contribution in [0.2, 0.25) is 0 Å². The van der Waals surface area contributed by atoms with Crippen LogP contribution in [0.25, 0.3) is 0 Å². The minimum absolute atomic E-state index is 0.230. The zero-order chi connectivity index (χ0) is 19.9. The SMILES string of the molecule is CC(C)(C)OC(=O)N[C@@H]1C(=O)N2[C@@H](CC[C@H]2C(=O)OC(C)(C)C)C[C@H]1O. The number of esters is 1. The number of aliphatic hydroxyl groups excluding tert-OH is 1. The molecule has 0 unspecified atom stereocenters. The van der Waals surface area contributed by atoms with Crippen molar-refractivity contribution in [1.29, 1.82) is 0 Å². The highest BCUT2D eigenvalue weighted by atomic mass is 16.6. The largest absolute Gasteiger partial charge is 0.458 e. The van der Waals surface area contributed by atoms with Gasteiger partial charge in [0.15, 0.2) is 0 Å². The van der Waals surface area contributed by atoms with Gasteiger partial charge < -0.3 is 24.8 Å². The van der Waals surface area contributed by atoms with Gasteiger partial charge in [0, 0.05) is 6.04 Å². The summed E-state index contributed by atoms with van der Waals surface area (Å²) in [5.41, 5.74) is -1.37. The number of nitrogens with one attached hydrogen (secondary N) is 1. The Labute approximate surface area is 154 Å². The average Bonchev–Trinajstić information content (AvgIpc) is 2.83. The van der Waals surface area contributed by atoms with Gasteiger partial charge >= 0.3 is 12.1 Å². The lowest BCUT2D eigenvalue weighted by Gasteiger charge is -2.40. The van der Waals surface area contributed by atoms with Crippen LogP contribution in [0, 0.1) is 0 Å². The van der Waals surface area contributed by atoms with E-state index < -0.39 is 47.4 Å². The third-order valence-electron chi connectivity index (χ3n) is 4.27. The topological polar surface area (TPSA) is 105 Å². The van der Waals surface area contributed by atoms with Crippen molar-refractivity contribution in [3.8, 4) is 0 Å². The molecule has 0 radical (unpaired) electrons. The number of aliphatic hydroxyl groups is 1. The van der Waals surface area contributed by atoms with Crippen LogP contribution in [0.3, 0.4) is 0 Å². The first-order chi connectivity index (χ1) is 11.8. The first kappa shape index (κ1) is 20.5. The summed E-state index contributed by atoms with van der Waals surface area (Å²) in [6, 6.07) is -2.06. The van der Waals surface area contributed by atoms with E-state index in [9.17, 15) is 19.5 Å². The number of piperidine rings is 1. The predicted octanol–water partition coefficient (Wildman–Crippen LogP) is 1.35. The molecule has 8 nitrogen and oxygen atoms in total. The van der Waals surface area contributed by atoms with Crippen LogP contribution in [-0.4, -0.2) is 63.4 Å². The molecule has 2 aliphatic rings. The lowest BCUT2D eigenvalue weighted by molar-refractivity contribution is -0.167. The Morgan fingerprint density at radius 1 is 1.08 bits per heavy atom. The van der Waals surface area contributed by atoms with Gasteiger partial charge in [-0.25, -0.2) is 9.59 Å². The van der Waals surface area contributed by atoms with Gasteiger partial charge in [-0.3, -0.25) is 4.79 Å². The fourth-order valence-corrected chi connectivity index (χ4v) is 3.38. The molecule has 0 spiro atoms. The van der Waals surface area contributed by atoms with Gasteiger partial charge in [0.05, 0.1) is 6.10 Å². The minimum atomic E-state index is -1.14. The molecule has 2 aliphatic heterocycles. The zero-order valence-corrected chi connectivity index (χ0v) is 16.4. The number of fused-ring (bicyclic) bond motifs is 1. The molecule has 0 aliphatic carbocycles. The molecule has 0 saturated carbocycles. The quantitative estimate of drug-likeness (QED) is 0.711. The number of rotatable bonds is 2. The first-order valence-electron chi connectivity index (χ1n) is 9.01. The molecule has 2 fully saturated rings. The van der Waals surface area contributed by atoms with Crippen molar-refractivity contribution in [2.24, 2.45) is 0 Å². The van der Waals surface area contributed by atoms with Crippen LogP contribution in [0.4, 0.5) is 4.79 Å². The number of carbonyl (C=O) groups excluding carboxylic acids is 3. The molecule has 4 atom stereocenters. The molecular formula is C18H30N2O6. The Morgan fingerprint density at radius 3 is 2.19 bits per heavy atom. The van der Waals surface area contributed by atoms with Crippen molar-refractivity contribution in [1.82, 2.24) is 10.2 Å². The molecule has 148 valence electrons. The van der Waals surface area contributed by atoms with Gasteiger partial charge in [0.1, 0.15) is 23.3 Å². The molecule has 0 aromatic heterocycles. The van der Waals surface area contributed by atoms with Gasteiger partial charge in [0.2, 0.25) is 5.91 Å². The van der Waals surface area contributed by atoms with Gasteiger partial charge in [-0.2, -0.15) is 0 Å². The van der Waals surface area contributed by atoms with Crippen LogP contribution in [0.5, 0.6) is 0 Å². The second-order valence-electron chi connectivity index (χ2n) is 8.95. The lowest BCUT2D eigenvalue weighted by atomic mass is 9.95. The Hall–Kier alpha value is -1.83. The number of amides is 2. The molecule has 0 aromatic rings. The van der Waals surface area contributed by atoms with E-state index in [1.807, 2.05) is 0 Å². The molecule has 2 rings (SSSR count). The summed E-state index contributed by atoms with van der Waals surface area (Å²) in [6.45, 7) is 10.4. The summed E-state index contributed by atoms with van der Waals surface area (Å²) in [5, 5.41) is 12.8. The van der Waals surface area contributed by atoms with E-state index in [-0.39, 0.29) is 6.04 Å². The molecule has 2 amide bonds. The summed E-state index contributed by atoms with van der Waals surface area (Å²) < 4.78 is 10.6. The molecule has 0 aromatic carbocycles. The van der Waals surface area contributed by atoms with Crippen molar-refractivity contribution in [2.75, 3.05) is 0 Å². The minimum Gasteiger partial charge on any atom is -0.458 e. The average molecular weight is 370 g/mol. The van der Waals surface area contributed by atoms with Gasteiger partial charge in [-0.1, -0.05) is 0 Å². The number of hydrogen-bond donors (Lipinski definition) is 2. The van der Waals surface area contributed by atoms with Crippen molar-refractivity contribution in [3.63, 3.8) is 0 Å². The lowest BCUT2D eigenvalue weighted by Crippen LogP contribution is -2.63. The highest BCUT2D eigenvalue weighted by Gasteiger charge is 2.51. The second kappa shape index (κ2) is 7.06. The highest BCUT2D eigenvalue weighted by Crippen LogP contribution is 2.34. The second-order valence-corrected chi connectivity index (χ2v) is 8.95. The van der Waals surface area contributed by atoms with Crippen LogP contribution in [0.15, 0.2) is 0 Å². The van der Waals surface area contributed by atoms with E-state index in [1.165, 1.54) is 4.90 Å². The summed E-state index contributed by atoms with van der Waals surface area (Å²) in [7, 11) is 0. The Balaban J connectivity index is 2.11. The molecule has 8 heteroatoms. The number of nitrogens with zero attached hydrogens (tertiary/aromatic N) is 1. The highest BCUT2D eigenvalue weighted by molar-refractivity contribution is 5.91. The van der Waals surface area contributed by atoms with E-state index in [0.717, 1.165) is 0 Å². The van der Waals surface area contributed by atoms with Crippen LogP contribution in [-0.2, 0) is 19.1 Å². The van der Waals surface area contributed by atoms with Crippen molar-refractivity contribution < 1.29 is 29.0 Å². The van der Waals surface area contributed by atoms with E-state index in [2.05, 4.69) is 5.32 Å². The smallest absolute Gasteiger partial charge is 0.408 e. The number of alkyl carbamates (subject to hydrolysis) is 1. The van der Waals surface area contributed by atoms with Crippen molar-refractivity contribution >= 4 is 18.0 Å². The van der Waals surface area contributed by atoms with Gasteiger partial charge in [-0.15, -0.1) is 0 Å². The fourth-order valence-electron chi connectivity index (χ4n) is 3.38. The van der Waals surface area contributed by atoms with Crippen LogP contribution < -0.4 is 5.32 Å². The summed E-state index contributed by atoms with van der Waals surface area (Å²) in [6.07, 6.45) is -0.399. The Morgan fingerprint density at radius 2 is 1.65 bits per heavy atom. The molecular weight excluding hydrogens is 340 g/mol. The maximum absolute atomic E-state index is 12.9. The summed E-state index contributed by atoms with van der Waals surface area (Å²) >= 11 is 0. The molecule has 2 saturated heterocycles. The third-order valence-corrected chi connectivity index (χ3v) is 4.27. The van der Waals surface area contributed by atoms with Crippen molar-refractivity contribution in [3.05, 3.63) is 0 Å². The molecule has 0 bridgehead atoms. The number of ether oxygens (including phenoxy) is 2. The summed E-state index contributed by atoms with van der Waals surface area (Å²) in [5.74, 6) is -0.936. The monoisotopic (exact) mass is 370 g/mol.